The fourth-order valence-corrected chi connectivity index (χ4v) is 4.37. The van der Waals surface area contributed by atoms with Crippen LogP contribution >= 0.6 is 0 Å². The van der Waals surface area contributed by atoms with E-state index in [0.29, 0.717) is 11.5 Å². The number of amides is 1. The maximum absolute atomic E-state index is 12.6. The molecule has 1 amide bonds. The Labute approximate surface area is 182 Å². The molecule has 5 rings (SSSR count). The standard InChI is InChI=1S/C25H27N5O/c1-16(2)10-11-30-23-13-19(27-25(31)17-6-4-3-5-7-17)8-9-20(23)29-24(30)21-12-18-14-26-15-22(18)28-21/h3-10,13,15,18,21,26,28H,11-12,14H2,1-2H3,(H,27,31). The number of allylic oxidation sites excluding steroid dienone is 2. The third kappa shape index (κ3) is 3.81. The first-order valence-electron chi connectivity index (χ1n) is 10.8. The van der Waals surface area contributed by atoms with Crippen LogP contribution < -0.4 is 16.0 Å². The minimum Gasteiger partial charge on any atom is -0.389 e. The predicted molar refractivity (Wildman–Crippen MR) is 124 cm³/mol. The molecule has 31 heavy (non-hydrogen) atoms. The quantitative estimate of drug-likeness (QED) is 0.544. The van der Waals surface area contributed by atoms with Crippen LogP contribution in [0.3, 0.4) is 0 Å². The number of anilines is 1. The molecule has 2 aromatic carbocycles. The van der Waals surface area contributed by atoms with Gasteiger partial charge in [-0.2, -0.15) is 0 Å². The van der Waals surface area contributed by atoms with Crippen LogP contribution in [-0.2, 0) is 6.54 Å². The molecule has 0 saturated carbocycles. The van der Waals surface area contributed by atoms with Gasteiger partial charge in [-0.3, -0.25) is 4.79 Å². The van der Waals surface area contributed by atoms with E-state index in [1.165, 1.54) is 11.3 Å². The molecule has 1 fully saturated rings. The van der Waals surface area contributed by atoms with Gasteiger partial charge in [0, 0.05) is 42.2 Å². The van der Waals surface area contributed by atoms with Crippen LogP contribution in [0.1, 0.15) is 42.5 Å². The maximum atomic E-state index is 12.6. The number of rotatable bonds is 5. The Bertz CT molecular complexity index is 1190. The molecule has 1 saturated heterocycles. The molecule has 0 aliphatic carbocycles. The number of benzene rings is 2. The summed E-state index contributed by atoms with van der Waals surface area (Å²) < 4.78 is 2.27. The van der Waals surface area contributed by atoms with Crippen molar-refractivity contribution in [2.45, 2.75) is 32.9 Å². The molecule has 3 heterocycles. The number of aromatic nitrogens is 2. The summed E-state index contributed by atoms with van der Waals surface area (Å²) in [6, 6.07) is 15.4. The number of carbonyl (C=O) groups is 1. The molecule has 6 heteroatoms. The van der Waals surface area contributed by atoms with Gasteiger partial charge in [-0.15, -0.1) is 0 Å². The normalized spacial score (nSPS) is 19.4. The van der Waals surface area contributed by atoms with Gasteiger partial charge >= 0.3 is 0 Å². The highest BCUT2D eigenvalue weighted by molar-refractivity contribution is 6.04. The van der Waals surface area contributed by atoms with Gasteiger partial charge in [0.15, 0.2) is 0 Å². The van der Waals surface area contributed by atoms with E-state index in [0.717, 1.165) is 42.1 Å². The van der Waals surface area contributed by atoms with Crippen molar-refractivity contribution in [3.05, 3.63) is 83.5 Å². The Morgan fingerprint density at radius 1 is 1.23 bits per heavy atom. The van der Waals surface area contributed by atoms with Crippen LogP contribution in [0.25, 0.3) is 11.0 Å². The Hall–Kier alpha value is -3.54. The number of nitrogens with zero attached hydrogens (tertiary/aromatic N) is 2. The van der Waals surface area contributed by atoms with Crippen molar-refractivity contribution in [1.29, 1.82) is 0 Å². The van der Waals surface area contributed by atoms with Crippen LogP contribution in [0.2, 0.25) is 0 Å². The highest BCUT2D eigenvalue weighted by Crippen LogP contribution is 2.36. The first-order chi connectivity index (χ1) is 15.1. The largest absolute Gasteiger partial charge is 0.389 e. The van der Waals surface area contributed by atoms with Gasteiger partial charge < -0.3 is 20.5 Å². The third-order valence-electron chi connectivity index (χ3n) is 5.99. The van der Waals surface area contributed by atoms with Crippen LogP contribution in [0.15, 0.2) is 72.1 Å². The Morgan fingerprint density at radius 3 is 2.84 bits per heavy atom. The molecule has 6 nitrogen and oxygen atoms in total. The average molecular weight is 414 g/mol. The Balaban J connectivity index is 1.50. The second kappa shape index (κ2) is 7.95. The first kappa shape index (κ1) is 19.4. The lowest BCUT2D eigenvalue weighted by molar-refractivity contribution is 0.102. The zero-order chi connectivity index (χ0) is 21.4. The van der Waals surface area contributed by atoms with E-state index in [-0.39, 0.29) is 11.9 Å². The minimum absolute atomic E-state index is 0.111. The molecule has 2 aliphatic heterocycles. The van der Waals surface area contributed by atoms with Gasteiger partial charge in [-0.1, -0.05) is 29.8 Å². The number of nitrogens with one attached hydrogen (secondary N) is 3. The lowest BCUT2D eigenvalue weighted by Gasteiger charge is -2.14. The summed E-state index contributed by atoms with van der Waals surface area (Å²) >= 11 is 0. The second-order valence-electron chi connectivity index (χ2n) is 8.52. The van der Waals surface area contributed by atoms with E-state index in [1.807, 2.05) is 48.5 Å². The van der Waals surface area contributed by atoms with Crippen LogP contribution in [-0.4, -0.2) is 22.0 Å². The van der Waals surface area contributed by atoms with Crippen molar-refractivity contribution in [1.82, 2.24) is 20.2 Å². The lowest BCUT2D eigenvalue weighted by Crippen LogP contribution is -2.18. The SMILES string of the molecule is CC(C)=CCn1c(C2CC3CNC=C3N2)nc2ccc(NC(=O)c3ccccc3)cc21. The highest BCUT2D eigenvalue weighted by Gasteiger charge is 2.34. The first-order valence-corrected chi connectivity index (χ1v) is 10.8. The van der Waals surface area contributed by atoms with Gasteiger partial charge in [-0.25, -0.2) is 4.98 Å². The van der Waals surface area contributed by atoms with Crippen molar-refractivity contribution in [2.75, 3.05) is 11.9 Å². The van der Waals surface area contributed by atoms with E-state index in [2.05, 4.69) is 46.6 Å². The number of fused-ring (bicyclic) bond motifs is 2. The summed E-state index contributed by atoms with van der Waals surface area (Å²) in [6.07, 6.45) is 5.34. The molecule has 2 atom stereocenters. The number of carbonyl (C=O) groups excluding carboxylic acids is 1. The fourth-order valence-electron chi connectivity index (χ4n) is 4.37. The van der Waals surface area contributed by atoms with Crippen LogP contribution in [0, 0.1) is 5.92 Å². The molecule has 158 valence electrons. The molecule has 0 bridgehead atoms. The summed E-state index contributed by atoms with van der Waals surface area (Å²) in [7, 11) is 0. The summed E-state index contributed by atoms with van der Waals surface area (Å²) in [6.45, 7) is 5.96. The summed E-state index contributed by atoms with van der Waals surface area (Å²) in [5, 5.41) is 9.99. The van der Waals surface area contributed by atoms with Gasteiger partial charge in [0.2, 0.25) is 0 Å². The molecule has 3 N–H and O–H groups in total. The van der Waals surface area contributed by atoms with Crippen molar-refractivity contribution in [3.63, 3.8) is 0 Å². The molecule has 0 spiro atoms. The van der Waals surface area contributed by atoms with Crippen molar-refractivity contribution in [2.24, 2.45) is 5.92 Å². The lowest BCUT2D eigenvalue weighted by atomic mass is 10.1. The topological polar surface area (TPSA) is 71.0 Å². The highest BCUT2D eigenvalue weighted by atomic mass is 16.1. The van der Waals surface area contributed by atoms with Gasteiger partial charge in [0.1, 0.15) is 5.82 Å². The summed E-state index contributed by atoms with van der Waals surface area (Å²) in [5.74, 6) is 1.47. The molecular weight excluding hydrogens is 386 g/mol. The zero-order valence-electron chi connectivity index (χ0n) is 17.9. The second-order valence-corrected chi connectivity index (χ2v) is 8.52. The number of hydrogen-bond donors (Lipinski definition) is 3. The van der Waals surface area contributed by atoms with Gasteiger partial charge in [0.25, 0.3) is 5.91 Å². The maximum Gasteiger partial charge on any atom is 0.255 e. The molecule has 1 aromatic heterocycles. The predicted octanol–water partition coefficient (Wildman–Crippen LogP) is 4.35. The Kier molecular flexibility index (Phi) is 4.98. The zero-order valence-corrected chi connectivity index (χ0v) is 17.9. The summed E-state index contributed by atoms with van der Waals surface area (Å²) in [4.78, 5) is 17.6. The van der Waals surface area contributed by atoms with Crippen LogP contribution in [0.4, 0.5) is 5.69 Å². The monoisotopic (exact) mass is 413 g/mol. The van der Waals surface area contributed by atoms with Crippen LogP contribution in [0.5, 0.6) is 0 Å². The van der Waals surface area contributed by atoms with E-state index in [4.69, 9.17) is 4.98 Å². The Morgan fingerprint density at radius 2 is 2.06 bits per heavy atom. The van der Waals surface area contributed by atoms with E-state index < -0.39 is 0 Å². The average Bonchev–Trinajstić information content (AvgIpc) is 3.45. The minimum atomic E-state index is -0.111. The van der Waals surface area contributed by atoms with E-state index in [9.17, 15) is 4.79 Å². The smallest absolute Gasteiger partial charge is 0.255 e. The van der Waals surface area contributed by atoms with Gasteiger partial charge in [-0.05, 0) is 50.6 Å². The van der Waals surface area contributed by atoms with Gasteiger partial charge in [0.05, 0.1) is 17.1 Å². The molecular formula is C25H27N5O. The third-order valence-corrected chi connectivity index (χ3v) is 5.99. The molecule has 3 aromatic rings. The molecule has 0 radical (unpaired) electrons. The number of imidazole rings is 1. The summed E-state index contributed by atoms with van der Waals surface area (Å²) in [5.41, 5.74) is 5.94. The molecule has 2 unspecified atom stereocenters. The van der Waals surface area contributed by atoms with E-state index >= 15 is 0 Å². The van der Waals surface area contributed by atoms with Crippen molar-refractivity contribution in [3.8, 4) is 0 Å². The van der Waals surface area contributed by atoms with E-state index in [1.54, 1.807) is 0 Å². The number of hydrogen-bond acceptors (Lipinski definition) is 4. The van der Waals surface area contributed by atoms with Crippen molar-refractivity contribution >= 4 is 22.6 Å². The fraction of sp³-hybridized carbons (Fsp3) is 0.280. The molecule has 2 aliphatic rings. The van der Waals surface area contributed by atoms with Crippen molar-refractivity contribution < 1.29 is 4.79 Å².